The van der Waals surface area contributed by atoms with Gasteiger partial charge in [0.1, 0.15) is 23.9 Å². The first-order chi connectivity index (χ1) is 15.5. The third kappa shape index (κ3) is 3.49. The monoisotopic (exact) mass is 432 g/mol. The normalized spacial score (nSPS) is 11.2. The summed E-state index contributed by atoms with van der Waals surface area (Å²) in [5.74, 6) is 0.906. The number of ether oxygens (including phenoxy) is 2. The van der Waals surface area contributed by atoms with E-state index in [0.29, 0.717) is 34.0 Å². The summed E-state index contributed by atoms with van der Waals surface area (Å²) in [5, 5.41) is 8.86. The van der Waals surface area contributed by atoms with Crippen molar-refractivity contribution in [3.8, 4) is 22.6 Å². The molecule has 0 saturated carbocycles. The predicted octanol–water partition coefficient (Wildman–Crippen LogP) is 5.12. The van der Waals surface area contributed by atoms with E-state index in [-0.39, 0.29) is 18.1 Å². The molecule has 0 fully saturated rings. The highest BCUT2D eigenvalue weighted by Gasteiger charge is 2.14. The van der Waals surface area contributed by atoms with Crippen molar-refractivity contribution >= 4 is 16.6 Å². The fourth-order valence-electron chi connectivity index (χ4n) is 3.58. The van der Waals surface area contributed by atoms with E-state index in [1.807, 2.05) is 18.2 Å². The van der Waals surface area contributed by atoms with E-state index in [0.717, 1.165) is 10.9 Å². The quantitative estimate of drug-likeness (QED) is 0.386. The van der Waals surface area contributed by atoms with E-state index < -0.39 is 5.82 Å². The van der Waals surface area contributed by atoms with Gasteiger partial charge in [0.25, 0.3) is 0 Å². The van der Waals surface area contributed by atoms with Crippen LogP contribution in [-0.4, -0.2) is 26.7 Å². The second kappa shape index (κ2) is 7.88. The molecule has 0 spiro atoms. The number of pyridine rings is 2. The molecule has 0 aliphatic carbocycles. The Labute approximate surface area is 182 Å². The zero-order valence-electron chi connectivity index (χ0n) is 17.3. The molecular weight excluding hydrogens is 414 g/mol. The van der Waals surface area contributed by atoms with Crippen molar-refractivity contribution in [3.05, 3.63) is 83.9 Å². The van der Waals surface area contributed by atoms with Crippen LogP contribution in [0.1, 0.15) is 11.4 Å². The van der Waals surface area contributed by atoms with Crippen LogP contribution in [0.25, 0.3) is 27.7 Å². The number of benzene rings is 2. The molecule has 0 N–H and O–H groups in total. The maximum atomic E-state index is 14.7. The molecule has 6 nitrogen and oxygen atoms in total. The number of fused-ring (bicyclic) bond motifs is 2. The van der Waals surface area contributed by atoms with Crippen molar-refractivity contribution in [2.45, 2.75) is 13.5 Å². The van der Waals surface area contributed by atoms with Gasteiger partial charge >= 0.3 is 0 Å². The molecule has 0 aliphatic heterocycles. The second-order valence-corrected chi connectivity index (χ2v) is 7.33. The smallest absolute Gasteiger partial charge is 0.197 e. The van der Waals surface area contributed by atoms with Gasteiger partial charge in [-0.15, -0.1) is 10.2 Å². The molecule has 2 aromatic carbocycles. The Hall–Kier alpha value is -4.07. The van der Waals surface area contributed by atoms with Crippen molar-refractivity contribution < 1.29 is 18.3 Å². The van der Waals surface area contributed by atoms with Crippen LogP contribution < -0.4 is 9.47 Å². The predicted molar refractivity (Wildman–Crippen MR) is 116 cm³/mol. The lowest BCUT2D eigenvalue weighted by atomic mass is 10.0. The number of aryl methyl sites for hydroxylation is 1. The minimum atomic E-state index is -0.523. The minimum absolute atomic E-state index is 0.0671. The molecule has 0 atom stereocenters. The summed E-state index contributed by atoms with van der Waals surface area (Å²) in [6.45, 7) is 1.73. The Bertz CT molecular complexity index is 1470. The summed E-state index contributed by atoms with van der Waals surface area (Å²) in [4.78, 5) is 4.35. The zero-order valence-corrected chi connectivity index (χ0v) is 17.3. The molecule has 0 unspecified atom stereocenters. The van der Waals surface area contributed by atoms with Crippen molar-refractivity contribution in [1.82, 2.24) is 19.6 Å². The average molecular weight is 432 g/mol. The molecule has 0 saturated heterocycles. The van der Waals surface area contributed by atoms with Crippen LogP contribution in [0.15, 0.2) is 60.9 Å². The van der Waals surface area contributed by atoms with Crippen LogP contribution >= 0.6 is 0 Å². The first-order valence-electron chi connectivity index (χ1n) is 9.89. The molecule has 8 heteroatoms. The van der Waals surface area contributed by atoms with Crippen LogP contribution in [0.3, 0.4) is 0 Å². The highest BCUT2D eigenvalue weighted by molar-refractivity contribution is 5.85. The molecule has 3 aromatic heterocycles. The first kappa shape index (κ1) is 19.9. The van der Waals surface area contributed by atoms with E-state index >= 15 is 0 Å². The number of methoxy groups -OCH3 is 1. The first-order valence-corrected chi connectivity index (χ1v) is 9.89. The summed E-state index contributed by atoms with van der Waals surface area (Å²) in [6, 6.07) is 13.3. The Kier molecular flexibility index (Phi) is 4.89. The third-order valence-corrected chi connectivity index (χ3v) is 5.29. The van der Waals surface area contributed by atoms with Gasteiger partial charge in [-0.3, -0.25) is 9.38 Å². The molecule has 0 bridgehead atoms. The molecule has 5 rings (SSSR count). The highest BCUT2D eigenvalue weighted by atomic mass is 19.1. The molecule has 3 heterocycles. The van der Waals surface area contributed by atoms with Gasteiger partial charge in [0.2, 0.25) is 0 Å². The maximum Gasteiger partial charge on any atom is 0.197 e. The third-order valence-electron chi connectivity index (χ3n) is 5.29. The fraction of sp³-hybridized carbons (Fsp3) is 0.125. The standard InChI is InChI=1S/C24H18F2N4O2/c1-14-9-15(3-6-19(14)25)16-10-20(26)24-29-28-23(30(24)12-16)13-32-22-7-8-27-21-11-17(31-2)4-5-18(21)22/h3-12H,13H2,1-2H3. The summed E-state index contributed by atoms with van der Waals surface area (Å²) in [6.07, 6.45) is 3.37. The molecule has 160 valence electrons. The summed E-state index contributed by atoms with van der Waals surface area (Å²) in [7, 11) is 1.60. The van der Waals surface area contributed by atoms with Gasteiger partial charge in [0.05, 0.1) is 12.6 Å². The average Bonchev–Trinajstić information content (AvgIpc) is 3.22. The number of halogens is 2. The van der Waals surface area contributed by atoms with Crippen LogP contribution in [0.4, 0.5) is 8.78 Å². The van der Waals surface area contributed by atoms with E-state index in [2.05, 4.69) is 15.2 Å². The number of aromatic nitrogens is 4. The maximum absolute atomic E-state index is 14.7. The lowest BCUT2D eigenvalue weighted by Gasteiger charge is -2.10. The van der Waals surface area contributed by atoms with Crippen LogP contribution in [0.2, 0.25) is 0 Å². The Morgan fingerprint density at radius 3 is 2.62 bits per heavy atom. The van der Waals surface area contributed by atoms with Gasteiger partial charge in [-0.1, -0.05) is 6.07 Å². The van der Waals surface area contributed by atoms with Crippen molar-refractivity contribution in [2.75, 3.05) is 7.11 Å². The number of hydrogen-bond donors (Lipinski definition) is 0. The minimum Gasteiger partial charge on any atom is -0.497 e. The molecule has 0 radical (unpaired) electrons. The van der Waals surface area contributed by atoms with Crippen molar-refractivity contribution in [3.63, 3.8) is 0 Å². The number of rotatable bonds is 5. The van der Waals surface area contributed by atoms with E-state index in [1.54, 1.807) is 49.0 Å². The van der Waals surface area contributed by atoms with E-state index in [9.17, 15) is 8.78 Å². The summed E-state index contributed by atoms with van der Waals surface area (Å²) in [5.41, 5.74) is 2.58. The lowest BCUT2D eigenvalue weighted by Crippen LogP contribution is -2.03. The Balaban J connectivity index is 1.49. The van der Waals surface area contributed by atoms with Crippen molar-refractivity contribution in [2.24, 2.45) is 0 Å². The number of hydrogen-bond acceptors (Lipinski definition) is 5. The Morgan fingerprint density at radius 1 is 0.938 bits per heavy atom. The number of nitrogens with zero attached hydrogens (tertiary/aromatic N) is 4. The Morgan fingerprint density at radius 2 is 1.81 bits per heavy atom. The lowest BCUT2D eigenvalue weighted by molar-refractivity contribution is 0.298. The SMILES string of the molecule is COc1ccc2c(OCc3nnc4c(F)cc(-c5ccc(F)c(C)c5)cn34)ccnc2c1. The molecular formula is C24H18F2N4O2. The molecule has 0 amide bonds. The van der Waals surface area contributed by atoms with Crippen LogP contribution in [0.5, 0.6) is 11.5 Å². The fourth-order valence-corrected chi connectivity index (χ4v) is 3.58. The summed E-state index contributed by atoms with van der Waals surface area (Å²) >= 11 is 0. The molecule has 5 aromatic rings. The summed E-state index contributed by atoms with van der Waals surface area (Å²) < 4.78 is 41.1. The van der Waals surface area contributed by atoms with Gasteiger partial charge in [-0.25, -0.2) is 8.78 Å². The largest absolute Gasteiger partial charge is 0.497 e. The zero-order chi connectivity index (χ0) is 22.2. The van der Waals surface area contributed by atoms with Gasteiger partial charge in [-0.2, -0.15) is 0 Å². The van der Waals surface area contributed by atoms with Gasteiger partial charge < -0.3 is 9.47 Å². The molecule has 32 heavy (non-hydrogen) atoms. The highest BCUT2D eigenvalue weighted by Crippen LogP contribution is 2.28. The topological polar surface area (TPSA) is 61.5 Å². The second-order valence-electron chi connectivity index (χ2n) is 7.33. The van der Waals surface area contributed by atoms with E-state index in [1.165, 1.54) is 12.1 Å². The van der Waals surface area contributed by atoms with Gasteiger partial charge in [0, 0.05) is 29.4 Å². The van der Waals surface area contributed by atoms with E-state index in [4.69, 9.17) is 9.47 Å². The van der Waals surface area contributed by atoms with Gasteiger partial charge in [0.15, 0.2) is 17.3 Å². The van der Waals surface area contributed by atoms with Crippen LogP contribution in [-0.2, 0) is 6.61 Å². The van der Waals surface area contributed by atoms with Crippen molar-refractivity contribution in [1.29, 1.82) is 0 Å². The van der Waals surface area contributed by atoms with Crippen LogP contribution in [0, 0.1) is 18.6 Å². The van der Waals surface area contributed by atoms with Gasteiger partial charge in [-0.05, 0) is 54.4 Å². The molecule has 0 aliphatic rings.